The predicted octanol–water partition coefficient (Wildman–Crippen LogP) is 3.50. The molecule has 1 aliphatic heterocycles. The van der Waals surface area contributed by atoms with E-state index in [0.29, 0.717) is 19.5 Å². The van der Waals surface area contributed by atoms with E-state index < -0.39 is 30.6 Å². The molecule has 0 atom stereocenters. The molecule has 0 aliphatic carbocycles. The van der Waals surface area contributed by atoms with Crippen LogP contribution in [0.1, 0.15) is 28.8 Å². The highest BCUT2D eigenvalue weighted by molar-refractivity contribution is 5.95. The Morgan fingerprint density at radius 2 is 1.84 bits per heavy atom. The van der Waals surface area contributed by atoms with Crippen LogP contribution < -0.4 is 10.1 Å². The molecule has 2 aromatic rings. The molecule has 10 heteroatoms. The number of amides is 2. The lowest BCUT2D eigenvalue weighted by Gasteiger charge is -2.15. The highest BCUT2D eigenvalue weighted by Gasteiger charge is 2.31. The van der Waals surface area contributed by atoms with Gasteiger partial charge in [-0.3, -0.25) is 9.59 Å². The van der Waals surface area contributed by atoms with Gasteiger partial charge >= 0.3 is 12.3 Å². The summed E-state index contributed by atoms with van der Waals surface area (Å²) in [5, 5.41) is 2.41. The summed E-state index contributed by atoms with van der Waals surface area (Å²) in [5.74, 6) is -1.72. The number of rotatable bonds is 7. The number of alkyl halides is 3. The monoisotopic (exact) mass is 436 g/mol. The van der Waals surface area contributed by atoms with E-state index >= 15 is 0 Å². The number of halogens is 3. The van der Waals surface area contributed by atoms with Crippen molar-refractivity contribution in [3.63, 3.8) is 0 Å². The second-order valence-corrected chi connectivity index (χ2v) is 6.82. The number of esters is 1. The van der Waals surface area contributed by atoms with Crippen molar-refractivity contribution < 1.29 is 37.0 Å². The SMILES string of the molecule is O=C(COC(=O)c1cccc(CN2CCCC2=O)c1)Nc1ccc(OC(F)(F)F)cc1. The van der Waals surface area contributed by atoms with Gasteiger partial charge in [-0.25, -0.2) is 4.79 Å². The first-order valence-electron chi connectivity index (χ1n) is 9.39. The summed E-state index contributed by atoms with van der Waals surface area (Å²) in [6.45, 7) is 0.500. The maximum Gasteiger partial charge on any atom is 0.573 e. The molecule has 0 unspecified atom stereocenters. The van der Waals surface area contributed by atoms with E-state index in [2.05, 4.69) is 10.1 Å². The standard InChI is InChI=1S/C21H19F3N2O5/c22-21(23,24)31-17-8-6-16(7-9-17)25-18(27)13-30-20(29)15-4-1-3-14(11-15)12-26-10-2-5-19(26)28/h1,3-4,6-9,11H,2,5,10,12-13H2,(H,25,27). The maximum atomic E-state index is 12.2. The highest BCUT2D eigenvalue weighted by atomic mass is 19.4. The van der Waals surface area contributed by atoms with Gasteiger partial charge in [-0.2, -0.15) is 0 Å². The summed E-state index contributed by atoms with van der Waals surface area (Å²) in [4.78, 5) is 37.6. The zero-order valence-corrected chi connectivity index (χ0v) is 16.3. The minimum absolute atomic E-state index is 0.0719. The number of nitrogens with zero attached hydrogens (tertiary/aromatic N) is 1. The van der Waals surface area contributed by atoms with Gasteiger partial charge in [0, 0.05) is 25.2 Å². The van der Waals surface area contributed by atoms with Crippen molar-refractivity contribution in [2.45, 2.75) is 25.7 Å². The molecular weight excluding hydrogens is 417 g/mol. The lowest BCUT2D eigenvalue weighted by Crippen LogP contribution is -2.24. The van der Waals surface area contributed by atoms with Crippen LogP contribution in [-0.4, -0.2) is 42.2 Å². The minimum atomic E-state index is -4.81. The van der Waals surface area contributed by atoms with Crippen molar-refractivity contribution in [2.75, 3.05) is 18.5 Å². The Kier molecular flexibility index (Phi) is 6.78. The van der Waals surface area contributed by atoms with Crippen molar-refractivity contribution in [1.29, 1.82) is 0 Å². The smallest absolute Gasteiger partial charge is 0.452 e. The summed E-state index contributed by atoms with van der Waals surface area (Å²) >= 11 is 0. The van der Waals surface area contributed by atoms with E-state index in [1.54, 1.807) is 23.1 Å². The first-order chi connectivity index (χ1) is 14.7. The molecule has 7 nitrogen and oxygen atoms in total. The van der Waals surface area contributed by atoms with Gasteiger partial charge in [-0.05, 0) is 48.4 Å². The molecule has 1 saturated heterocycles. The van der Waals surface area contributed by atoms with Crippen molar-refractivity contribution in [2.24, 2.45) is 0 Å². The number of likely N-dealkylation sites (tertiary alicyclic amines) is 1. The number of hydrogen-bond donors (Lipinski definition) is 1. The Morgan fingerprint density at radius 3 is 2.48 bits per heavy atom. The largest absolute Gasteiger partial charge is 0.573 e. The van der Waals surface area contributed by atoms with Crippen LogP contribution in [0.2, 0.25) is 0 Å². The van der Waals surface area contributed by atoms with E-state index in [1.165, 1.54) is 18.2 Å². The molecule has 0 radical (unpaired) electrons. The third-order valence-electron chi connectivity index (χ3n) is 4.41. The number of nitrogens with one attached hydrogen (secondary N) is 1. The fourth-order valence-electron chi connectivity index (χ4n) is 3.04. The van der Waals surface area contributed by atoms with E-state index in [9.17, 15) is 27.6 Å². The number of anilines is 1. The molecule has 0 spiro atoms. The quantitative estimate of drug-likeness (QED) is 0.672. The number of ether oxygens (including phenoxy) is 2. The zero-order chi connectivity index (χ0) is 22.4. The third-order valence-corrected chi connectivity index (χ3v) is 4.41. The fourth-order valence-corrected chi connectivity index (χ4v) is 3.04. The molecule has 1 aliphatic rings. The van der Waals surface area contributed by atoms with Crippen LogP contribution in [0.15, 0.2) is 48.5 Å². The van der Waals surface area contributed by atoms with Crippen LogP contribution in [-0.2, 0) is 20.9 Å². The second-order valence-electron chi connectivity index (χ2n) is 6.82. The Labute approximate surface area is 175 Å². The molecule has 2 amide bonds. The molecule has 0 saturated carbocycles. The van der Waals surface area contributed by atoms with Gasteiger partial charge in [0.1, 0.15) is 5.75 Å². The summed E-state index contributed by atoms with van der Waals surface area (Å²) in [6.07, 6.45) is -3.47. The molecule has 3 rings (SSSR count). The lowest BCUT2D eigenvalue weighted by atomic mass is 10.1. The zero-order valence-electron chi connectivity index (χ0n) is 16.3. The van der Waals surface area contributed by atoms with Gasteiger partial charge in [-0.1, -0.05) is 12.1 Å². The molecule has 1 fully saturated rings. The summed E-state index contributed by atoms with van der Waals surface area (Å²) in [7, 11) is 0. The summed E-state index contributed by atoms with van der Waals surface area (Å²) in [6, 6.07) is 11.1. The Hall–Kier alpha value is -3.56. The van der Waals surface area contributed by atoms with Gasteiger partial charge < -0.3 is 19.7 Å². The van der Waals surface area contributed by atoms with Crippen molar-refractivity contribution in [1.82, 2.24) is 4.90 Å². The number of carbonyl (C=O) groups excluding carboxylic acids is 3. The second kappa shape index (κ2) is 9.50. The van der Waals surface area contributed by atoms with Gasteiger partial charge in [-0.15, -0.1) is 13.2 Å². The third kappa shape index (κ3) is 6.73. The average molecular weight is 436 g/mol. The highest BCUT2D eigenvalue weighted by Crippen LogP contribution is 2.24. The van der Waals surface area contributed by atoms with Crippen molar-refractivity contribution in [3.8, 4) is 5.75 Å². The predicted molar refractivity (Wildman–Crippen MR) is 103 cm³/mol. The van der Waals surface area contributed by atoms with Crippen LogP contribution in [0.4, 0.5) is 18.9 Å². The Morgan fingerprint density at radius 1 is 1.10 bits per heavy atom. The number of carbonyl (C=O) groups is 3. The molecule has 1 N–H and O–H groups in total. The molecule has 164 valence electrons. The van der Waals surface area contributed by atoms with Crippen LogP contribution in [0.25, 0.3) is 0 Å². The summed E-state index contributed by atoms with van der Waals surface area (Å²) in [5.41, 5.74) is 1.23. The van der Waals surface area contributed by atoms with Crippen LogP contribution in [0, 0.1) is 0 Å². The van der Waals surface area contributed by atoms with Gasteiger partial charge in [0.2, 0.25) is 5.91 Å². The fraction of sp³-hybridized carbons (Fsp3) is 0.286. The minimum Gasteiger partial charge on any atom is -0.452 e. The van der Waals surface area contributed by atoms with E-state index in [-0.39, 0.29) is 17.2 Å². The topological polar surface area (TPSA) is 84.9 Å². The Balaban J connectivity index is 1.49. The molecule has 2 aromatic carbocycles. The van der Waals surface area contributed by atoms with E-state index in [1.807, 2.05) is 0 Å². The van der Waals surface area contributed by atoms with Gasteiger partial charge in [0.05, 0.1) is 5.56 Å². The van der Waals surface area contributed by atoms with Gasteiger partial charge in [0.25, 0.3) is 5.91 Å². The first kappa shape index (κ1) is 22.1. The molecular formula is C21H19F3N2O5. The maximum absolute atomic E-state index is 12.2. The number of hydrogen-bond acceptors (Lipinski definition) is 5. The Bertz CT molecular complexity index is 960. The van der Waals surface area contributed by atoms with Crippen LogP contribution >= 0.6 is 0 Å². The first-order valence-corrected chi connectivity index (χ1v) is 9.39. The lowest BCUT2D eigenvalue weighted by molar-refractivity contribution is -0.274. The molecule has 0 bridgehead atoms. The van der Waals surface area contributed by atoms with E-state index in [0.717, 1.165) is 24.1 Å². The number of benzene rings is 2. The van der Waals surface area contributed by atoms with Gasteiger partial charge in [0.15, 0.2) is 6.61 Å². The van der Waals surface area contributed by atoms with Crippen molar-refractivity contribution in [3.05, 3.63) is 59.7 Å². The van der Waals surface area contributed by atoms with Crippen LogP contribution in [0.5, 0.6) is 5.75 Å². The van der Waals surface area contributed by atoms with E-state index in [4.69, 9.17) is 4.74 Å². The molecule has 0 aromatic heterocycles. The summed E-state index contributed by atoms with van der Waals surface area (Å²) < 4.78 is 45.2. The average Bonchev–Trinajstić information content (AvgIpc) is 3.11. The van der Waals surface area contributed by atoms with Crippen LogP contribution in [0.3, 0.4) is 0 Å². The molecule has 31 heavy (non-hydrogen) atoms. The molecule has 1 heterocycles. The van der Waals surface area contributed by atoms with Crippen molar-refractivity contribution >= 4 is 23.5 Å². The normalized spacial score (nSPS) is 13.8.